The molecule has 0 saturated carbocycles. The predicted octanol–water partition coefficient (Wildman–Crippen LogP) is 5.23. The van der Waals surface area contributed by atoms with Gasteiger partial charge in [-0.2, -0.15) is 0 Å². The maximum Gasteiger partial charge on any atom is 0.335 e. The van der Waals surface area contributed by atoms with Crippen molar-refractivity contribution in [2.75, 3.05) is 5.32 Å². The first-order chi connectivity index (χ1) is 12.6. The highest BCUT2D eigenvalue weighted by Crippen LogP contribution is 2.26. The molecule has 2 N–H and O–H groups in total. The van der Waals surface area contributed by atoms with Gasteiger partial charge in [0.15, 0.2) is 0 Å². The lowest BCUT2D eigenvalue weighted by atomic mass is 10.2. The Bertz CT molecular complexity index is 880. The van der Waals surface area contributed by atoms with Crippen LogP contribution in [0.1, 0.15) is 21.5 Å². The number of anilines is 1. The van der Waals surface area contributed by atoms with Crippen LogP contribution in [0.2, 0.25) is 5.02 Å². The number of ether oxygens (including phenoxy) is 1. The van der Waals surface area contributed by atoms with Crippen LogP contribution in [-0.2, 0) is 13.2 Å². The highest BCUT2D eigenvalue weighted by Gasteiger charge is 2.05. The predicted molar refractivity (Wildman–Crippen MR) is 103 cm³/mol. The molecule has 0 spiro atoms. The Kier molecular flexibility index (Phi) is 5.77. The van der Waals surface area contributed by atoms with Gasteiger partial charge in [0.05, 0.1) is 10.6 Å². The zero-order chi connectivity index (χ0) is 18.4. The minimum absolute atomic E-state index is 0.263. The molecular weight excluding hydrogens is 350 g/mol. The van der Waals surface area contributed by atoms with Gasteiger partial charge in [-0.05, 0) is 47.5 Å². The molecule has 0 fully saturated rings. The largest absolute Gasteiger partial charge is 0.487 e. The summed E-state index contributed by atoms with van der Waals surface area (Å²) in [5, 5.41) is 12.7. The van der Waals surface area contributed by atoms with Crippen molar-refractivity contribution in [1.82, 2.24) is 0 Å². The number of carbonyl (C=O) groups is 1. The van der Waals surface area contributed by atoms with Crippen molar-refractivity contribution in [2.24, 2.45) is 0 Å². The van der Waals surface area contributed by atoms with Crippen LogP contribution in [0.15, 0.2) is 72.8 Å². The number of nitrogens with one attached hydrogen (secondary N) is 1. The Morgan fingerprint density at radius 3 is 2.35 bits per heavy atom. The Labute approximate surface area is 157 Å². The fourth-order valence-electron chi connectivity index (χ4n) is 2.44. The molecule has 3 aromatic rings. The van der Waals surface area contributed by atoms with Crippen molar-refractivity contribution < 1.29 is 14.6 Å². The van der Waals surface area contributed by atoms with Crippen LogP contribution in [-0.4, -0.2) is 11.1 Å². The van der Waals surface area contributed by atoms with E-state index < -0.39 is 5.97 Å². The van der Waals surface area contributed by atoms with Crippen molar-refractivity contribution >= 4 is 23.3 Å². The number of rotatable bonds is 7. The SMILES string of the molecule is O=C(O)c1ccc(NCc2ccc(OCc3ccccc3)c(Cl)c2)cc1. The van der Waals surface area contributed by atoms with Crippen LogP contribution in [0.5, 0.6) is 5.75 Å². The molecule has 0 aliphatic rings. The Balaban J connectivity index is 1.57. The molecule has 0 unspecified atom stereocenters. The first kappa shape index (κ1) is 17.8. The van der Waals surface area contributed by atoms with Gasteiger partial charge in [0.25, 0.3) is 0 Å². The fourth-order valence-corrected chi connectivity index (χ4v) is 2.70. The van der Waals surface area contributed by atoms with Crippen LogP contribution in [0.25, 0.3) is 0 Å². The van der Waals surface area contributed by atoms with E-state index in [0.29, 0.717) is 23.9 Å². The van der Waals surface area contributed by atoms with Gasteiger partial charge in [-0.1, -0.05) is 48.0 Å². The second kappa shape index (κ2) is 8.41. The molecule has 3 rings (SSSR count). The van der Waals surface area contributed by atoms with E-state index in [1.54, 1.807) is 24.3 Å². The summed E-state index contributed by atoms with van der Waals surface area (Å²) in [6.45, 7) is 1.04. The summed E-state index contributed by atoms with van der Waals surface area (Å²) in [4.78, 5) is 10.9. The monoisotopic (exact) mass is 367 g/mol. The number of hydrogen-bond donors (Lipinski definition) is 2. The molecule has 0 radical (unpaired) electrons. The van der Waals surface area contributed by atoms with E-state index in [-0.39, 0.29) is 5.56 Å². The van der Waals surface area contributed by atoms with E-state index in [4.69, 9.17) is 21.4 Å². The van der Waals surface area contributed by atoms with E-state index in [1.165, 1.54) is 0 Å². The zero-order valence-electron chi connectivity index (χ0n) is 14.0. The van der Waals surface area contributed by atoms with Crippen LogP contribution >= 0.6 is 11.6 Å². The maximum atomic E-state index is 10.9. The zero-order valence-corrected chi connectivity index (χ0v) is 14.7. The average molecular weight is 368 g/mol. The molecule has 132 valence electrons. The quantitative estimate of drug-likeness (QED) is 0.600. The molecule has 0 heterocycles. The maximum absolute atomic E-state index is 10.9. The van der Waals surface area contributed by atoms with E-state index >= 15 is 0 Å². The second-order valence-electron chi connectivity index (χ2n) is 5.78. The number of carboxylic acid groups (broad SMARTS) is 1. The van der Waals surface area contributed by atoms with E-state index in [1.807, 2.05) is 48.5 Å². The van der Waals surface area contributed by atoms with Gasteiger partial charge < -0.3 is 15.2 Å². The smallest absolute Gasteiger partial charge is 0.335 e. The number of halogens is 1. The van der Waals surface area contributed by atoms with Crippen LogP contribution in [0.4, 0.5) is 5.69 Å². The Morgan fingerprint density at radius 2 is 1.69 bits per heavy atom. The molecule has 5 heteroatoms. The number of aromatic carboxylic acids is 1. The highest BCUT2D eigenvalue weighted by molar-refractivity contribution is 6.32. The first-order valence-corrected chi connectivity index (χ1v) is 8.52. The molecule has 0 bridgehead atoms. The Morgan fingerprint density at radius 1 is 0.962 bits per heavy atom. The van der Waals surface area contributed by atoms with E-state index in [9.17, 15) is 4.79 Å². The third kappa shape index (κ3) is 4.77. The lowest BCUT2D eigenvalue weighted by Crippen LogP contribution is -2.01. The van der Waals surface area contributed by atoms with Gasteiger partial charge in [0.1, 0.15) is 12.4 Å². The van der Waals surface area contributed by atoms with Crippen molar-refractivity contribution in [3.8, 4) is 5.75 Å². The molecule has 0 atom stereocenters. The average Bonchev–Trinajstić information content (AvgIpc) is 2.67. The van der Waals surface area contributed by atoms with E-state index in [0.717, 1.165) is 16.8 Å². The van der Waals surface area contributed by atoms with E-state index in [2.05, 4.69) is 5.32 Å². The normalized spacial score (nSPS) is 10.3. The number of carboxylic acids is 1. The van der Waals surface area contributed by atoms with Crippen molar-refractivity contribution in [2.45, 2.75) is 13.2 Å². The second-order valence-corrected chi connectivity index (χ2v) is 6.18. The lowest BCUT2D eigenvalue weighted by molar-refractivity contribution is 0.0697. The number of hydrogen-bond acceptors (Lipinski definition) is 3. The summed E-state index contributed by atoms with van der Waals surface area (Å²) in [6, 6.07) is 22.2. The molecule has 3 aromatic carbocycles. The van der Waals surface area contributed by atoms with Crippen LogP contribution in [0, 0.1) is 0 Å². The van der Waals surface area contributed by atoms with Crippen LogP contribution in [0.3, 0.4) is 0 Å². The van der Waals surface area contributed by atoms with Gasteiger partial charge in [0, 0.05) is 12.2 Å². The minimum atomic E-state index is -0.936. The third-order valence-corrected chi connectivity index (χ3v) is 4.16. The first-order valence-electron chi connectivity index (χ1n) is 8.14. The molecular formula is C21H18ClNO3. The van der Waals surface area contributed by atoms with Crippen LogP contribution < -0.4 is 10.1 Å². The minimum Gasteiger partial charge on any atom is -0.487 e. The summed E-state index contributed by atoms with van der Waals surface area (Å²) in [6.07, 6.45) is 0. The standard InChI is InChI=1S/C21H18ClNO3/c22-19-12-16(13-23-18-9-7-17(8-10-18)21(24)25)6-11-20(19)26-14-15-4-2-1-3-5-15/h1-12,23H,13-14H2,(H,24,25). The molecule has 26 heavy (non-hydrogen) atoms. The Hall–Kier alpha value is -2.98. The lowest BCUT2D eigenvalue weighted by Gasteiger charge is -2.11. The molecule has 0 amide bonds. The highest BCUT2D eigenvalue weighted by atomic mass is 35.5. The molecule has 0 aromatic heterocycles. The van der Waals surface area contributed by atoms with Crippen molar-refractivity contribution in [1.29, 1.82) is 0 Å². The molecule has 4 nitrogen and oxygen atoms in total. The fraction of sp³-hybridized carbons (Fsp3) is 0.0952. The summed E-state index contributed by atoms with van der Waals surface area (Å²) in [7, 11) is 0. The molecule has 0 saturated heterocycles. The third-order valence-electron chi connectivity index (χ3n) is 3.86. The summed E-state index contributed by atoms with van der Waals surface area (Å²) in [5.74, 6) is -0.292. The topological polar surface area (TPSA) is 58.6 Å². The summed E-state index contributed by atoms with van der Waals surface area (Å²) < 4.78 is 5.77. The van der Waals surface area contributed by atoms with Crippen molar-refractivity contribution in [3.63, 3.8) is 0 Å². The summed E-state index contributed by atoms with van der Waals surface area (Å²) >= 11 is 6.31. The van der Waals surface area contributed by atoms with Crippen molar-refractivity contribution in [3.05, 3.63) is 94.5 Å². The van der Waals surface area contributed by atoms with Gasteiger partial charge in [-0.3, -0.25) is 0 Å². The summed E-state index contributed by atoms with van der Waals surface area (Å²) in [5.41, 5.74) is 3.19. The van der Waals surface area contributed by atoms with Gasteiger partial charge in [-0.15, -0.1) is 0 Å². The molecule has 0 aliphatic carbocycles. The number of benzene rings is 3. The van der Waals surface area contributed by atoms with Gasteiger partial charge in [0.2, 0.25) is 0 Å². The van der Waals surface area contributed by atoms with Gasteiger partial charge in [-0.25, -0.2) is 4.79 Å². The molecule has 0 aliphatic heterocycles. The van der Waals surface area contributed by atoms with Gasteiger partial charge >= 0.3 is 5.97 Å².